The fourth-order valence-electron chi connectivity index (χ4n) is 1.46. The molecule has 0 aliphatic heterocycles. The number of benzene rings is 1. The third kappa shape index (κ3) is 2.98. The number of rotatable bonds is 2. The second-order valence-corrected chi connectivity index (χ2v) is 4.10. The van der Waals surface area contributed by atoms with Gasteiger partial charge in [0.15, 0.2) is 0 Å². The first-order valence-corrected chi connectivity index (χ1v) is 5.06. The van der Waals surface area contributed by atoms with Crippen LogP contribution >= 0.6 is 0 Å². The minimum Gasteiger partial charge on any atom is -0.388 e. The summed E-state index contributed by atoms with van der Waals surface area (Å²) in [6, 6.07) is 4.77. The molecular formula is C12H12F3NO. The molecule has 1 rings (SSSR count). The molecule has 0 saturated heterocycles. The Morgan fingerprint density at radius 3 is 2.29 bits per heavy atom. The molecule has 1 aromatic carbocycles. The van der Waals surface area contributed by atoms with E-state index in [1.807, 2.05) is 0 Å². The number of nitrogens with zero attached hydrogens (tertiary/aromatic N) is 1. The molecule has 1 aromatic rings. The molecule has 0 saturated carbocycles. The lowest BCUT2D eigenvalue weighted by Gasteiger charge is -2.17. The van der Waals surface area contributed by atoms with Crippen molar-refractivity contribution in [1.82, 2.24) is 0 Å². The number of halogens is 3. The summed E-state index contributed by atoms with van der Waals surface area (Å²) >= 11 is 0. The zero-order valence-electron chi connectivity index (χ0n) is 9.42. The second-order valence-electron chi connectivity index (χ2n) is 4.10. The van der Waals surface area contributed by atoms with E-state index in [9.17, 15) is 18.3 Å². The number of hydrogen-bond donors (Lipinski definition) is 1. The Hall–Kier alpha value is -1.54. The summed E-state index contributed by atoms with van der Waals surface area (Å²) in [6.45, 7) is 3.41. The van der Waals surface area contributed by atoms with Gasteiger partial charge in [0.2, 0.25) is 0 Å². The van der Waals surface area contributed by atoms with Crippen LogP contribution in [-0.2, 0) is 6.18 Å². The summed E-state index contributed by atoms with van der Waals surface area (Å²) in [6.07, 6.45) is -5.55. The lowest BCUT2D eigenvalue weighted by molar-refractivity contribution is -0.137. The highest BCUT2D eigenvalue weighted by Gasteiger charge is 2.34. The molecule has 0 radical (unpaired) electrons. The second kappa shape index (κ2) is 4.76. The minimum atomic E-state index is -4.59. The molecule has 2 nitrogen and oxygen atoms in total. The lowest BCUT2D eigenvalue weighted by atomic mass is 9.95. The smallest absolute Gasteiger partial charge is 0.388 e. The van der Waals surface area contributed by atoms with Crippen LogP contribution in [0.4, 0.5) is 13.2 Å². The Labute approximate surface area is 97.3 Å². The van der Waals surface area contributed by atoms with E-state index in [0.717, 1.165) is 12.1 Å². The van der Waals surface area contributed by atoms with Crippen LogP contribution in [0.3, 0.4) is 0 Å². The topological polar surface area (TPSA) is 44.0 Å². The Kier molecular flexibility index (Phi) is 3.79. The Morgan fingerprint density at radius 2 is 1.88 bits per heavy atom. The lowest BCUT2D eigenvalue weighted by Crippen LogP contribution is -2.11. The van der Waals surface area contributed by atoms with Gasteiger partial charge in [-0.25, -0.2) is 0 Å². The van der Waals surface area contributed by atoms with E-state index >= 15 is 0 Å². The monoisotopic (exact) mass is 243 g/mol. The normalized spacial score (nSPS) is 13.5. The first-order chi connectivity index (χ1) is 7.77. The summed E-state index contributed by atoms with van der Waals surface area (Å²) in [5, 5.41) is 18.3. The highest BCUT2D eigenvalue weighted by Crippen LogP contribution is 2.34. The van der Waals surface area contributed by atoms with Gasteiger partial charge in [0.25, 0.3) is 0 Å². The van der Waals surface area contributed by atoms with Crippen molar-refractivity contribution in [2.45, 2.75) is 26.1 Å². The van der Waals surface area contributed by atoms with E-state index in [-0.39, 0.29) is 11.5 Å². The van der Waals surface area contributed by atoms with Crippen molar-refractivity contribution >= 4 is 0 Å². The van der Waals surface area contributed by atoms with Crippen molar-refractivity contribution in [3.05, 3.63) is 34.9 Å². The van der Waals surface area contributed by atoms with Crippen molar-refractivity contribution in [2.24, 2.45) is 5.92 Å². The Bertz CT molecular complexity index is 446. The van der Waals surface area contributed by atoms with Crippen LogP contribution in [0, 0.1) is 17.2 Å². The first-order valence-electron chi connectivity index (χ1n) is 5.06. The van der Waals surface area contributed by atoms with Crippen LogP contribution in [0.25, 0.3) is 0 Å². The molecule has 92 valence electrons. The number of aliphatic hydroxyl groups is 1. The SMILES string of the molecule is CC(C)C(O)c1ccc(C#N)c(C(F)(F)F)c1. The molecule has 0 aliphatic rings. The average molecular weight is 243 g/mol. The Balaban J connectivity index is 3.29. The van der Waals surface area contributed by atoms with E-state index in [2.05, 4.69) is 0 Å². The van der Waals surface area contributed by atoms with Gasteiger partial charge in [-0.2, -0.15) is 18.4 Å². The molecule has 0 fully saturated rings. The Morgan fingerprint density at radius 1 is 1.29 bits per heavy atom. The zero-order valence-corrected chi connectivity index (χ0v) is 9.42. The van der Waals surface area contributed by atoms with Gasteiger partial charge in [-0.05, 0) is 23.6 Å². The van der Waals surface area contributed by atoms with Crippen molar-refractivity contribution in [2.75, 3.05) is 0 Å². The largest absolute Gasteiger partial charge is 0.417 e. The molecular weight excluding hydrogens is 231 g/mol. The predicted octanol–water partition coefficient (Wildman–Crippen LogP) is 3.27. The molecule has 0 spiro atoms. The molecule has 5 heteroatoms. The fraction of sp³-hybridized carbons (Fsp3) is 0.417. The van der Waals surface area contributed by atoms with Crippen LogP contribution in [0.1, 0.15) is 36.6 Å². The van der Waals surface area contributed by atoms with Crippen molar-refractivity contribution in [3.63, 3.8) is 0 Å². The standard InChI is InChI=1S/C12H12F3NO/c1-7(2)11(17)8-3-4-9(6-16)10(5-8)12(13,14)15/h3-5,7,11,17H,1-2H3. The van der Waals surface area contributed by atoms with Gasteiger partial charge in [-0.15, -0.1) is 0 Å². The van der Waals surface area contributed by atoms with E-state index in [1.54, 1.807) is 13.8 Å². The third-order valence-electron chi connectivity index (χ3n) is 2.44. The summed E-state index contributed by atoms with van der Waals surface area (Å²) in [7, 11) is 0. The van der Waals surface area contributed by atoms with Gasteiger partial charge in [-0.3, -0.25) is 0 Å². The van der Waals surface area contributed by atoms with E-state index < -0.39 is 23.4 Å². The van der Waals surface area contributed by atoms with Gasteiger partial charge in [0.05, 0.1) is 23.3 Å². The number of hydrogen-bond acceptors (Lipinski definition) is 2. The number of aliphatic hydroxyl groups excluding tert-OH is 1. The van der Waals surface area contributed by atoms with Crippen LogP contribution in [0.5, 0.6) is 0 Å². The maximum absolute atomic E-state index is 12.6. The molecule has 0 amide bonds. The van der Waals surface area contributed by atoms with Gasteiger partial charge < -0.3 is 5.11 Å². The molecule has 1 unspecified atom stereocenters. The van der Waals surface area contributed by atoms with Crippen molar-refractivity contribution in [3.8, 4) is 6.07 Å². The van der Waals surface area contributed by atoms with Gasteiger partial charge in [0.1, 0.15) is 0 Å². The third-order valence-corrected chi connectivity index (χ3v) is 2.44. The molecule has 0 aromatic heterocycles. The van der Waals surface area contributed by atoms with Crippen LogP contribution in [0.15, 0.2) is 18.2 Å². The quantitative estimate of drug-likeness (QED) is 0.866. The predicted molar refractivity (Wildman–Crippen MR) is 56.0 cm³/mol. The van der Waals surface area contributed by atoms with Gasteiger partial charge in [0, 0.05) is 0 Å². The zero-order chi connectivity index (χ0) is 13.2. The highest BCUT2D eigenvalue weighted by atomic mass is 19.4. The van der Waals surface area contributed by atoms with Crippen LogP contribution in [-0.4, -0.2) is 5.11 Å². The molecule has 0 heterocycles. The molecule has 1 N–H and O–H groups in total. The summed E-state index contributed by atoms with van der Waals surface area (Å²) in [5.41, 5.74) is -1.26. The number of alkyl halides is 3. The van der Waals surface area contributed by atoms with E-state index in [4.69, 9.17) is 5.26 Å². The fourth-order valence-corrected chi connectivity index (χ4v) is 1.46. The van der Waals surface area contributed by atoms with E-state index in [1.165, 1.54) is 12.1 Å². The summed E-state index contributed by atoms with van der Waals surface area (Å²) in [4.78, 5) is 0. The van der Waals surface area contributed by atoms with Crippen LogP contribution < -0.4 is 0 Å². The maximum atomic E-state index is 12.6. The number of nitriles is 1. The van der Waals surface area contributed by atoms with Gasteiger partial charge in [-0.1, -0.05) is 19.9 Å². The van der Waals surface area contributed by atoms with Gasteiger partial charge >= 0.3 is 6.18 Å². The summed E-state index contributed by atoms with van der Waals surface area (Å²) in [5.74, 6) is -0.191. The molecule has 0 aliphatic carbocycles. The minimum absolute atomic E-state index is 0.173. The highest BCUT2D eigenvalue weighted by molar-refractivity contribution is 5.42. The molecule has 1 atom stereocenters. The van der Waals surface area contributed by atoms with Crippen LogP contribution in [0.2, 0.25) is 0 Å². The van der Waals surface area contributed by atoms with E-state index in [0.29, 0.717) is 0 Å². The molecule has 17 heavy (non-hydrogen) atoms. The van der Waals surface area contributed by atoms with Crippen molar-refractivity contribution < 1.29 is 18.3 Å². The maximum Gasteiger partial charge on any atom is 0.417 e. The first kappa shape index (κ1) is 13.5. The average Bonchev–Trinajstić information content (AvgIpc) is 2.25. The van der Waals surface area contributed by atoms with Crippen molar-refractivity contribution in [1.29, 1.82) is 5.26 Å². The molecule has 0 bridgehead atoms. The summed E-state index contributed by atoms with van der Waals surface area (Å²) < 4.78 is 37.9.